The predicted octanol–water partition coefficient (Wildman–Crippen LogP) is 2.83. The van der Waals surface area contributed by atoms with E-state index >= 15 is 0 Å². The summed E-state index contributed by atoms with van der Waals surface area (Å²) < 4.78 is 2.12. The van der Waals surface area contributed by atoms with Crippen LogP contribution in [0.2, 0.25) is 0 Å². The quantitative estimate of drug-likeness (QED) is 0.781. The summed E-state index contributed by atoms with van der Waals surface area (Å²) in [6.45, 7) is 0.956. The molecule has 1 N–H and O–H groups in total. The summed E-state index contributed by atoms with van der Waals surface area (Å²) in [5.41, 5.74) is 3.25. The van der Waals surface area contributed by atoms with E-state index in [0.29, 0.717) is 0 Å². The molecule has 0 aliphatic carbocycles. The molecule has 0 radical (unpaired) electrons. The second kappa shape index (κ2) is 4.92. The zero-order valence-electron chi connectivity index (χ0n) is 9.91. The molecule has 18 heavy (non-hydrogen) atoms. The topological polar surface area (TPSA) is 38.0 Å². The van der Waals surface area contributed by atoms with Gasteiger partial charge < -0.3 is 9.67 Å². The maximum atomic E-state index is 9.36. The average molecular weight is 258 g/mol. The summed E-state index contributed by atoms with van der Waals surface area (Å²) in [6, 6.07) is 6.07. The first kappa shape index (κ1) is 11.4. The van der Waals surface area contributed by atoms with Gasteiger partial charge in [-0.3, -0.25) is 0 Å². The highest BCUT2D eigenvalue weighted by Gasteiger charge is 2.08. The lowest BCUT2D eigenvalue weighted by atomic mass is 10.2. The standard InChI is InChI=1S/C14H14N2OS/c17-9-12-8-16(6-3-11-4-7-18-10-11)14-13(12)2-1-5-15-14/h1-2,4-5,7-8,10,17H,3,6,9H2. The average Bonchev–Trinajstić information content (AvgIpc) is 3.04. The highest BCUT2D eigenvalue weighted by Crippen LogP contribution is 2.20. The Labute approximate surface area is 109 Å². The van der Waals surface area contributed by atoms with Gasteiger partial charge in [-0.05, 0) is 40.9 Å². The summed E-state index contributed by atoms with van der Waals surface area (Å²) in [5.74, 6) is 0. The Kier molecular flexibility index (Phi) is 3.13. The molecule has 0 unspecified atom stereocenters. The SMILES string of the molecule is OCc1cn(CCc2ccsc2)c2ncccc12. The highest BCUT2D eigenvalue weighted by molar-refractivity contribution is 7.07. The smallest absolute Gasteiger partial charge is 0.140 e. The lowest BCUT2D eigenvalue weighted by molar-refractivity contribution is 0.283. The number of pyridine rings is 1. The fourth-order valence-corrected chi connectivity index (χ4v) is 2.88. The van der Waals surface area contributed by atoms with Gasteiger partial charge in [0.25, 0.3) is 0 Å². The van der Waals surface area contributed by atoms with Crippen LogP contribution >= 0.6 is 11.3 Å². The van der Waals surface area contributed by atoms with E-state index in [4.69, 9.17) is 0 Å². The van der Waals surface area contributed by atoms with E-state index in [2.05, 4.69) is 26.4 Å². The molecule has 0 saturated carbocycles. The molecule has 3 nitrogen and oxygen atoms in total. The third-order valence-corrected chi connectivity index (χ3v) is 3.84. The number of hydrogen-bond acceptors (Lipinski definition) is 3. The third kappa shape index (κ3) is 2.05. The third-order valence-electron chi connectivity index (χ3n) is 3.11. The number of nitrogens with zero attached hydrogens (tertiary/aromatic N) is 2. The predicted molar refractivity (Wildman–Crippen MR) is 73.7 cm³/mol. The normalized spacial score (nSPS) is 11.2. The Morgan fingerprint density at radius 1 is 1.33 bits per heavy atom. The Hall–Kier alpha value is -1.65. The zero-order valence-corrected chi connectivity index (χ0v) is 10.7. The molecule has 0 aliphatic rings. The van der Waals surface area contributed by atoms with Crippen LogP contribution in [-0.4, -0.2) is 14.7 Å². The fraction of sp³-hybridized carbons (Fsp3) is 0.214. The van der Waals surface area contributed by atoms with E-state index in [1.54, 1.807) is 17.5 Å². The molecular weight excluding hydrogens is 244 g/mol. The molecule has 3 rings (SSSR count). The Morgan fingerprint density at radius 2 is 2.28 bits per heavy atom. The minimum atomic E-state index is 0.0631. The number of fused-ring (bicyclic) bond motifs is 1. The van der Waals surface area contributed by atoms with Crippen LogP contribution in [-0.2, 0) is 19.6 Å². The molecule has 0 aliphatic heterocycles. The van der Waals surface area contributed by atoms with Gasteiger partial charge in [-0.2, -0.15) is 11.3 Å². The fourth-order valence-electron chi connectivity index (χ4n) is 2.18. The zero-order chi connectivity index (χ0) is 12.4. The lowest BCUT2D eigenvalue weighted by Crippen LogP contribution is -2.00. The molecule has 0 fully saturated rings. The van der Waals surface area contributed by atoms with Gasteiger partial charge in [0, 0.05) is 29.9 Å². The van der Waals surface area contributed by atoms with Crippen LogP contribution in [0.5, 0.6) is 0 Å². The monoisotopic (exact) mass is 258 g/mol. The van der Waals surface area contributed by atoms with E-state index in [1.165, 1.54) is 5.56 Å². The largest absolute Gasteiger partial charge is 0.392 e. The Balaban J connectivity index is 1.91. The van der Waals surface area contributed by atoms with E-state index in [1.807, 2.05) is 18.3 Å². The molecule has 0 saturated heterocycles. The van der Waals surface area contributed by atoms with Crippen LogP contribution in [0.1, 0.15) is 11.1 Å². The van der Waals surface area contributed by atoms with Crippen molar-refractivity contribution in [2.75, 3.05) is 0 Å². The number of aromatic nitrogens is 2. The number of rotatable bonds is 4. The van der Waals surface area contributed by atoms with Gasteiger partial charge >= 0.3 is 0 Å². The van der Waals surface area contributed by atoms with Crippen LogP contribution in [0, 0.1) is 0 Å². The van der Waals surface area contributed by atoms with Crippen molar-refractivity contribution in [3.63, 3.8) is 0 Å². The van der Waals surface area contributed by atoms with Gasteiger partial charge in [0.15, 0.2) is 0 Å². The number of aliphatic hydroxyl groups is 1. The number of aryl methyl sites for hydroxylation is 2. The second-order valence-corrected chi connectivity index (χ2v) is 5.04. The molecule has 0 spiro atoms. The summed E-state index contributed by atoms with van der Waals surface area (Å²) in [6.07, 6.45) is 4.79. The minimum absolute atomic E-state index is 0.0631. The van der Waals surface area contributed by atoms with Gasteiger partial charge in [-0.1, -0.05) is 0 Å². The summed E-state index contributed by atoms with van der Waals surface area (Å²) in [7, 11) is 0. The minimum Gasteiger partial charge on any atom is -0.392 e. The maximum Gasteiger partial charge on any atom is 0.140 e. The van der Waals surface area contributed by atoms with Crippen LogP contribution in [0.15, 0.2) is 41.4 Å². The van der Waals surface area contributed by atoms with Gasteiger partial charge in [0.2, 0.25) is 0 Å². The first-order chi connectivity index (χ1) is 8.88. The van der Waals surface area contributed by atoms with Crippen molar-refractivity contribution in [2.24, 2.45) is 0 Å². The molecule has 3 aromatic rings. The molecule has 0 bridgehead atoms. The molecule has 4 heteroatoms. The Morgan fingerprint density at radius 3 is 3.06 bits per heavy atom. The van der Waals surface area contributed by atoms with E-state index in [9.17, 15) is 5.11 Å². The van der Waals surface area contributed by atoms with E-state index < -0.39 is 0 Å². The highest BCUT2D eigenvalue weighted by atomic mass is 32.1. The summed E-state index contributed by atoms with van der Waals surface area (Å²) in [5, 5.41) is 14.7. The molecular formula is C14H14N2OS. The van der Waals surface area contributed by atoms with Gasteiger partial charge in [-0.25, -0.2) is 4.98 Å². The Bertz CT molecular complexity index is 643. The number of thiophene rings is 1. The van der Waals surface area contributed by atoms with Crippen molar-refractivity contribution in [3.8, 4) is 0 Å². The second-order valence-electron chi connectivity index (χ2n) is 4.26. The molecule has 92 valence electrons. The summed E-state index contributed by atoms with van der Waals surface area (Å²) in [4.78, 5) is 4.40. The van der Waals surface area contributed by atoms with Crippen LogP contribution in [0.3, 0.4) is 0 Å². The van der Waals surface area contributed by atoms with Crippen molar-refractivity contribution < 1.29 is 5.11 Å². The molecule has 3 aromatic heterocycles. The molecule has 3 heterocycles. The maximum absolute atomic E-state index is 9.36. The van der Waals surface area contributed by atoms with E-state index in [-0.39, 0.29) is 6.61 Å². The molecule has 0 amide bonds. The lowest BCUT2D eigenvalue weighted by Gasteiger charge is -2.02. The van der Waals surface area contributed by atoms with Gasteiger partial charge in [0.1, 0.15) is 5.65 Å². The first-order valence-electron chi connectivity index (χ1n) is 5.93. The molecule has 0 aromatic carbocycles. The van der Waals surface area contributed by atoms with Gasteiger partial charge in [0.05, 0.1) is 6.61 Å². The number of hydrogen-bond donors (Lipinski definition) is 1. The number of aliphatic hydroxyl groups excluding tert-OH is 1. The van der Waals surface area contributed by atoms with Crippen molar-refractivity contribution in [2.45, 2.75) is 19.6 Å². The summed E-state index contributed by atoms with van der Waals surface area (Å²) >= 11 is 1.72. The van der Waals surface area contributed by atoms with Gasteiger partial charge in [-0.15, -0.1) is 0 Å². The van der Waals surface area contributed by atoms with Crippen molar-refractivity contribution in [1.29, 1.82) is 0 Å². The van der Waals surface area contributed by atoms with Crippen LogP contribution in [0.25, 0.3) is 11.0 Å². The van der Waals surface area contributed by atoms with Crippen LogP contribution in [0.4, 0.5) is 0 Å². The van der Waals surface area contributed by atoms with Crippen LogP contribution < -0.4 is 0 Å². The van der Waals surface area contributed by atoms with Crippen molar-refractivity contribution in [1.82, 2.24) is 9.55 Å². The first-order valence-corrected chi connectivity index (χ1v) is 6.87. The molecule has 0 atom stereocenters. The van der Waals surface area contributed by atoms with Crippen molar-refractivity contribution in [3.05, 3.63) is 52.5 Å². The van der Waals surface area contributed by atoms with E-state index in [0.717, 1.165) is 29.6 Å². The van der Waals surface area contributed by atoms with Crippen molar-refractivity contribution >= 4 is 22.4 Å².